The molecule has 2 aliphatic rings. The third-order valence-corrected chi connectivity index (χ3v) is 3.24. The first kappa shape index (κ1) is 10.9. The minimum absolute atomic E-state index is 0.0116. The molecule has 0 bridgehead atoms. The predicted octanol–water partition coefficient (Wildman–Crippen LogP) is -0.102. The highest BCUT2D eigenvalue weighted by Gasteiger charge is 2.29. The highest BCUT2D eigenvalue weighted by atomic mass is 32.2. The molecule has 2 atom stereocenters. The van der Waals surface area contributed by atoms with Gasteiger partial charge in [0.15, 0.2) is 5.12 Å². The molecule has 2 unspecified atom stereocenters. The standard InChI is InChI=1S/C9H13NO4S/c11-7-4-8(10-7)15-9(12)3-6-5-13-1-2-14-6/h6,8H,1-5H2,(H,10,11). The molecule has 0 aromatic heterocycles. The first-order valence-corrected chi connectivity index (χ1v) is 5.80. The number of carbonyl (C=O) groups is 2. The maximum atomic E-state index is 11.5. The highest BCUT2D eigenvalue weighted by Crippen LogP contribution is 2.22. The molecule has 2 rings (SSSR count). The summed E-state index contributed by atoms with van der Waals surface area (Å²) in [6.45, 7) is 1.66. The molecule has 2 aliphatic heterocycles. The van der Waals surface area contributed by atoms with E-state index in [1.165, 1.54) is 11.8 Å². The Morgan fingerprint density at radius 2 is 2.33 bits per heavy atom. The molecular weight excluding hydrogens is 218 g/mol. The number of hydrogen-bond donors (Lipinski definition) is 1. The van der Waals surface area contributed by atoms with Crippen molar-refractivity contribution in [2.45, 2.75) is 24.3 Å². The van der Waals surface area contributed by atoms with Crippen molar-refractivity contribution in [3.05, 3.63) is 0 Å². The Bertz CT molecular complexity index is 257. The summed E-state index contributed by atoms with van der Waals surface area (Å²) in [5.74, 6) is 0.0116. The molecule has 1 N–H and O–H groups in total. The molecule has 0 aliphatic carbocycles. The molecule has 15 heavy (non-hydrogen) atoms. The van der Waals surface area contributed by atoms with Gasteiger partial charge in [0, 0.05) is 6.42 Å². The first-order chi connectivity index (χ1) is 7.24. The Hall–Kier alpha value is -0.590. The van der Waals surface area contributed by atoms with Crippen LogP contribution in [-0.4, -0.2) is 42.3 Å². The van der Waals surface area contributed by atoms with E-state index in [9.17, 15) is 9.59 Å². The number of thioether (sulfide) groups is 1. The molecule has 2 heterocycles. The van der Waals surface area contributed by atoms with Crippen LogP contribution in [0.2, 0.25) is 0 Å². The molecule has 0 aromatic rings. The van der Waals surface area contributed by atoms with E-state index in [0.717, 1.165) is 0 Å². The van der Waals surface area contributed by atoms with Gasteiger partial charge in [0.25, 0.3) is 0 Å². The van der Waals surface area contributed by atoms with Crippen molar-refractivity contribution in [1.82, 2.24) is 5.32 Å². The third kappa shape index (κ3) is 3.19. The van der Waals surface area contributed by atoms with Gasteiger partial charge in [0.2, 0.25) is 5.91 Å². The highest BCUT2D eigenvalue weighted by molar-refractivity contribution is 8.14. The van der Waals surface area contributed by atoms with Crippen molar-refractivity contribution in [1.29, 1.82) is 0 Å². The van der Waals surface area contributed by atoms with Crippen molar-refractivity contribution in [2.24, 2.45) is 0 Å². The molecular formula is C9H13NO4S. The van der Waals surface area contributed by atoms with E-state index in [1.54, 1.807) is 0 Å². The fraction of sp³-hybridized carbons (Fsp3) is 0.778. The Morgan fingerprint density at radius 3 is 2.93 bits per heavy atom. The van der Waals surface area contributed by atoms with Gasteiger partial charge in [-0.2, -0.15) is 0 Å². The molecule has 6 heteroatoms. The summed E-state index contributed by atoms with van der Waals surface area (Å²) in [6, 6.07) is 0. The van der Waals surface area contributed by atoms with Crippen LogP contribution in [0.4, 0.5) is 0 Å². The van der Waals surface area contributed by atoms with E-state index in [4.69, 9.17) is 9.47 Å². The summed E-state index contributed by atoms with van der Waals surface area (Å²) >= 11 is 1.18. The number of β-lactam (4-membered cyclic amide) rings is 1. The molecule has 84 valence electrons. The average Bonchev–Trinajstić information content (AvgIpc) is 2.17. The number of carbonyl (C=O) groups excluding carboxylic acids is 2. The molecule has 5 nitrogen and oxygen atoms in total. The maximum absolute atomic E-state index is 11.5. The summed E-state index contributed by atoms with van der Waals surface area (Å²) in [4.78, 5) is 22.1. The monoisotopic (exact) mass is 231 g/mol. The second-order valence-corrected chi connectivity index (χ2v) is 4.78. The molecule has 0 spiro atoms. The minimum atomic E-state index is -0.116. The number of nitrogens with one attached hydrogen (secondary N) is 1. The summed E-state index contributed by atoms with van der Waals surface area (Å²) in [7, 11) is 0. The summed E-state index contributed by atoms with van der Waals surface area (Å²) < 4.78 is 10.5. The average molecular weight is 231 g/mol. The van der Waals surface area contributed by atoms with E-state index in [1.807, 2.05) is 0 Å². The van der Waals surface area contributed by atoms with Crippen LogP contribution in [0.5, 0.6) is 0 Å². The fourth-order valence-electron chi connectivity index (χ4n) is 1.45. The molecule has 2 fully saturated rings. The lowest BCUT2D eigenvalue weighted by Crippen LogP contribution is -2.47. The topological polar surface area (TPSA) is 64.6 Å². The van der Waals surface area contributed by atoms with E-state index in [2.05, 4.69) is 5.32 Å². The van der Waals surface area contributed by atoms with Gasteiger partial charge < -0.3 is 14.8 Å². The fourth-order valence-corrected chi connectivity index (χ4v) is 2.47. The lowest BCUT2D eigenvalue weighted by molar-refractivity contribution is -0.126. The van der Waals surface area contributed by atoms with Crippen LogP contribution < -0.4 is 5.32 Å². The zero-order chi connectivity index (χ0) is 10.7. The normalized spacial score (nSPS) is 30.5. The zero-order valence-corrected chi connectivity index (χ0v) is 9.05. The van der Waals surface area contributed by atoms with Gasteiger partial charge in [-0.15, -0.1) is 0 Å². The Kier molecular flexibility index (Phi) is 3.61. The molecule has 2 saturated heterocycles. The van der Waals surface area contributed by atoms with Gasteiger partial charge in [0.1, 0.15) is 0 Å². The Balaban J connectivity index is 1.65. The summed E-state index contributed by atoms with van der Waals surface area (Å²) in [6.07, 6.45) is 0.685. The molecule has 0 saturated carbocycles. The van der Waals surface area contributed by atoms with Crippen LogP contribution in [0, 0.1) is 0 Å². The smallest absolute Gasteiger partial charge is 0.223 e. The minimum Gasteiger partial charge on any atom is -0.376 e. The SMILES string of the molecule is O=C1CC(SC(=O)CC2COCCO2)N1. The van der Waals surface area contributed by atoms with Gasteiger partial charge in [-0.3, -0.25) is 9.59 Å². The molecule has 0 radical (unpaired) electrons. The zero-order valence-electron chi connectivity index (χ0n) is 8.23. The number of ether oxygens (including phenoxy) is 2. The van der Waals surface area contributed by atoms with E-state index in [0.29, 0.717) is 32.7 Å². The Labute approximate surface area is 91.9 Å². The van der Waals surface area contributed by atoms with Crippen molar-refractivity contribution in [3.8, 4) is 0 Å². The van der Waals surface area contributed by atoms with Crippen LogP contribution in [0.25, 0.3) is 0 Å². The second kappa shape index (κ2) is 4.96. The molecule has 1 amide bonds. The molecule has 0 aromatic carbocycles. The van der Waals surface area contributed by atoms with Gasteiger partial charge in [-0.05, 0) is 0 Å². The van der Waals surface area contributed by atoms with Crippen molar-refractivity contribution in [2.75, 3.05) is 19.8 Å². The largest absolute Gasteiger partial charge is 0.376 e. The quantitative estimate of drug-likeness (QED) is 0.687. The van der Waals surface area contributed by atoms with Gasteiger partial charge in [-0.25, -0.2) is 0 Å². The van der Waals surface area contributed by atoms with Crippen LogP contribution in [0.1, 0.15) is 12.8 Å². The van der Waals surface area contributed by atoms with Crippen LogP contribution in [0.3, 0.4) is 0 Å². The van der Waals surface area contributed by atoms with Crippen LogP contribution >= 0.6 is 11.8 Å². The lowest BCUT2D eigenvalue weighted by atomic mass is 10.3. The van der Waals surface area contributed by atoms with Crippen LogP contribution in [-0.2, 0) is 19.1 Å². The number of rotatable bonds is 3. The van der Waals surface area contributed by atoms with Crippen LogP contribution in [0.15, 0.2) is 0 Å². The predicted molar refractivity (Wildman–Crippen MR) is 54.3 cm³/mol. The van der Waals surface area contributed by atoms with E-state index >= 15 is 0 Å². The number of amides is 1. The summed E-state index contributed by atoms with van der Waals surface area (Å²) in [5.41, 5.74) is 0. The van der Waals surface area contributed by atoms with Gasteiger partial charge in [0.05, 0.1) is 37.7 Å². The van der Waals surface area contributed by atoms with Gasteiger partial charge in [-0.1, -0.05) is 11.8 Å². The number of hydrogen-bond acceptors (Lipinski definition) is 5. The lowest BCUT2D eigenvalue weighted by Gasteiger charge is -2.26. The Morgan fingerprint density at radius 1 is 1.53 bits per heavy atom. The summed E-state index contributed by atoms with van der Waals surface area (Å²) in [5, 5.41) is 2.66. The van der Waals surface area contributed by atoms with E-state index in [-0.39, 0.29) is 22.5 Å². The third-order valence-electron chi connectivity index (χ3n) is 2.25. The van der Waals surface area contributed by atoms with Crippen molar-refractivity contribution >= 4 is 22.8 Å². The van der Waals surface area contributed by atoms with Gasteiger partial charge >= 0.3 is 0 Å². The van der Waals surface area contributed by atoms with Crippen molar-refractivity contribution < 1.29 is 19.1 Å². The first-order valence-electron chi connectivity index (χ1n) is 4.92. The van der Waals surface area contributed by atoms with E-state index < -0.39 is 0 Å². The van der Waals surface area contributed by atoms with Crippen molar-refractivity contribution in [3.63, 3.8) is 0 Å². The second-order valence-electron chi connectivity index (χ2n) is 3.52. The maximum Gasteiger partial charge on any atom is 0.223 e.